The molecule has 14 heavy (non-hydrogen) atoms. The summed E-state index contributed by atoms with van der Waals surface area (Å²) in [7, 11) is 1.46. The van der Waals surface area contributed by atoms with Crippen LogP contribution in [0.15, 0.2) is 28.1 Å². The quantitative estimate of drug-likeness (QED) is 0.491. The first kappa shape index (κ1) is 8.93. The maximum atomic E-state index is 10.7. The summed E-state index contributed by atoms with van der Waals surface area (Å²) in [5.74, 6) is 0.387. The second-order valence-electron chi connectivity index (χ2n) is 3.16. The first-order valence-electron chi connectivity index (χ1n) is 4.39. The zero-order chi connectivity index (χ0) is 10.1. The lowest BCUT2D eigenvalue weighted by atomic mass is 10.1. The SMILES string of the molecule is COC1=C([N+](=O)[O-])CN=C2CCC=C21. The van der Waals surface area contributed by atoms with Crippen LogP contribution in [0, 0.1) is 10.1 Å². The van der Waals surface area contributed by atoms with Crippen LogP contribution in [0.4, 0.5) is 0 Å². The molecule has 0 fully saturated rings. The number of hydrogen-bond acceptors (Lipinski definition) is 4. The molecule has 0 saturated carbocycles. The average Bonchev–Trinajstić information content (AvgIpc) is 2.63. The van der Waals surface area contributed by atoms with Crippen molar-refractivity contribution in [1.29, 1.82) is 0 Å². The van der Waals surface area contributed by atoms with Gasteiger partial charge in [-0.15, -0.1) is 0 Å². The number of fused-ring (bicyclic) bond motifs is 1. The number of nitrogens with zero attached hydrogens (tertiary/aromatic N) is 2. The maximum absolute atomic E-state index is 10.7. The summed E-state index contributed by atoms with van der Waals surface area (Å²) in [5.41, 5.74) is 1.81. The van der Waals surface area contributed by atoms with Crippen molar-refractivity contribution in [2.45, 2.75) is 12.8 Å². The van der Waals surface area contributed by atoms with E-state index in [2.05, 4.69) is 4.99 Å². The molecular formula is C9H10N2O3. The molecule has 1 aliphatic heterocycles. The molecule has 0 aromatic heterocycles. The van der Waals surface area contributed by atoms with Gasteiger partial charge in [0.1, 0.15) is 6.54 Å². The van der Waals surface area contributed by atoms with E-state index in [1.54, 1.807) is 0 Å². The maximum Gasteiger partial charge on any atom is 0.309 e. The van der Waals surface area contributed by atoms with E-state index in [-0.39, 0.29) is 12.2 Å². The van der Waals surface area contributed by atoms with Crippen LogP contribution < -0.4 is 0 Å². The molecule has 0 unspecified atom stereocenters. The predicted molar refractivity (Wildman–Crippen MR) is 50.6 cm³/mol. The molecule has 0 spiro atoms. The van der Waals surface area contributed by atoms with Crippen molar-refractivity contribution in [3.63, 3.8) is 0 Å². The van der Waals surface area contributed by atoms with E-state index in [1.165, 1.54) is 7.11 Å². The average molecular weight is 194 g/mol. The van der Waals surface area contributed by atoms with Crippen LogP contribution in [0.2, 0.25) is 0 Å². The summed E-state index contributed by atoms with van der Waals surface area (Å²) in [6, 6.07) is 0. The van der Waals surface area contributed by atoms with Crippen molar-refractivity contribution in [2.24, 2.45) is 4.99 Å². The number of ether oxygens (including phenoxy) is 1. The van der Waals surface area contributed by atoms with Crippen molar-refractivity contribution < 1.29 is 9.66 Å². The minimum Gasteiger partial charge on any atom is -0.490 e. The second kappa shape index (κ2) is 3.25. The number of methoxy groups -OCH3 is 1. The molecule has 0 saturated heterocycles. The van der Waals surface area contributed by atoms with E-state index in [9.17, 15) is 10.1 Å². The lowest BCUT2D eigenvalue weighted by molar-refractivity contribution is -0.428. The Hall–Kier alpha value is -1.65. The highest BCUT2D eigenvalue weighted by Crippen LogP contribution is 2.29. The van der Waals surface area contributed by atoms with E-state index in [0.29, 0.717) is 5.76 Å². The zero-order valence-electron chi connectivity index (χ0n) is 7.82. The number of hydrogen-bond donors (Lipinski definition) is 0. The minimum absolute atomic E-state index is 0.0596. The van der Waals surface area contributed by atoms with Crippen LogP contribution in [-0.2, 0) is 4.74 Å². The van der Waals surface area contributed by atoms with Gasteiger partial charge in [0.05, 0.1) is 12.0 Å². The number of nitro groups is 1. The van der Waals surface area contributed by atoms with E-state index in [4.69, 9.17) is 4.74 Å². The molecule has 0 bridgehead atoms. The number of rotatable bonds is 2. The summed E-state index contributed by atoms with van der Waals surface area (Å²) in [4.78, 5) is 14.4. The third kappa shape index (κ3) is 1.21. The molecular weight excluding hydrogens is 184 g/mol. The Morgan fingerprint density at radius 1 is 1.64 bits per heavy atom. The van der Waals surface area contributed by atoms with Crippen molar-refractivity contribution in [3.05, 3.63) is 33.2 Å². The molecule has 2 aliphatic rings. The smallest absolute Gasteiger partial charge is 0.309 e. The van der Waals surface area contributed by atoms with Crippen LogP contribution >= 0.6 is 0 Å². The first-order valence-corrected chi connectivity index (χ1v) is 4.39. The molecule has 0 amide bonds. The Balaban J connectivity index is 2.45. The fourth-order valence-electron chi connectivity index (χ4n) is 1.76. The van der Waals surface area contributed by atoms with Crippen molar-refractivity contribution in [1.82, 2.24) is 0 Å². The van der Waals surface area contributed by atoms with Crippen molar-refractivity contribution >= 4 is 5.71 Å². The fourth-order valence-corrected chi connectivity index (χ4v) is 1.76. The molecule has 0 aromatic carbocycles. The van der Waals surface area contributed by atoms with Gasteiger partial charge >= 0.3 is 5.70 Å². The van der Waals surface area contributed by atoms with E-state index < -0.39 is 4.92 Å². The molecule has 5 heteroatoms. The monoisotopic (exact) mass is 194 g/mol. The standard InChI is InChI=1S/C9H10N2O3/c1-14-9-6-3-2-4-7(6)10-5-8(9)11(12)13/h3H,2,4-5H2,1H3. The highest BCUT2D eigenvalue weighted by molar-refractivity contribution is 6.06. The second-order valence-corrected chi connectivity index (χ2v) is 3.16. The van der Waals surface area contributed by atoms with Gasteiger partial charge in [-0.25, -0.2) is 0 Å². The lowest BCUT2D eigenvalue weighted by Gasteiger charge is -2.13. The van der Waals surface area contributed by atoms with Gasteiger partial charge in [0.2, 0.25) is 5.76 Å². The molecule has 5 nitrogen and oxygen atoms in total. The lowest BCUT2D eigenvalue weighted by Crippen LogP contribution is -2.17. The Labute approximate surface area is 80.9 Å². The van der Waals surface area contributed by atoms with Crippen LogP contribution in [0.25, 0.3) is 0 Å². The Bertz CT molecular complexity index is 380. The van der Waals surface area contributed by atoms with Crippen molar-refractivity contribution in [3.8, 4) is 0 Å². The van der Waals surface area contributed by atoms with E-state index in [1.807, 2.05) is 6.08 Å². The first-order chi connectivity index (χ1) is 6.74. The Morgan fingerprint density at radius 3 is 3.07 bits per heavy atom. The van der Waals surface area contributed by atoms with Gasteiger partial charge in [-0.3, -0.25) is 15.1 Å². The summed E-state index contributed by atoms with van der Waals surface area (Å²) in [6.07, 6.45) is 3.71. The van der Waals surface area contributed by atoms with Crippen LogP contribution in [0.1, 0.15) is 12.8 Å². The molecule has 0 N–H and O–H groups in total. The number of aliphatic imine (C=N–C) groups is 1. The normalized spacial score (nSPS) is 20.1. The van der Waals surface area contributed by atoms with Gasteiger partial charge in [-0.1, -0.05) is 6.08 Å². The van der Waals surface area contributed by atoms with Crippen LogP contribution in [0.5, 0.6) is 0 Å². The molecule has 1 aliphatic carbocycles. The number of allylic oxidation sites excluding steroid dienone is 2. The van der Waals surface area contributed by atoms with Gasteiger partial charge in [-0.05, 0) is 12.8 Å². The van der Waals surface area contributed by atoms with Gasteiger partial charge in [0, 0.05) is 11.3 Å². The zero-order valence-corrected chi connectivity index (χ0v) is 7.82. The molecule has 0 atom stereocenters. The topological polar surface area (TPSA) is 64.7 Å². The van der Waals surface area contributed by atoms with Gasteiger partial charge < -0.3 is 4.74 Å². The number of dihydropyridines is 1. The third-order valence-corrected chi connectivity index (χ3v) is 2.39. The minimum atomic E-state index is -0.418. The Morgan fingerprint density at radius 2 is 2.43 bits per heavy atom. The van der Waals surface area contributed by atoms with Crippen LogP contribution in [-0.4, -0.2) is 24.3 Å². The molecule has 1 heterocycles. The van der Waals surface area contributed by atoms with E-state index in [0.717, 1.165) is 24.1 Å². The molecule has 0 radical (unpaired) electrons. The molecule has 74 valence electrons. The highest BCUT2D eigenvalue weighted by atomic mass is 16.6. The molecule has 0 aromatic rings. The van der Waals surface area contributed by atoms with Gasteiger partial charge in [-0.2, -0.15) is 0 Å². The summed E-state index contributed by atoms with van der Waals surface area (Å²) < 4.78 is 5.07. The largest absolute Gasteiger partial charge is 0.490 e. The molecule has 2 rings (SSSR count). The van der Waals surface area contributed by atoms with Gasteiger partial charge in [0.15, 0.2) is 0 Å². The Kier molecular flexibility index (Phi) is 2.07. The predicted octanol–water partition coefficient (Wildman–Crippen LogP) is 1.30. The van der Waals surface area contributed by atoms with Gasteiger partial charge in [0.25, 0.3) is 0 Å². The van der Waals surface area contributed by atoms with E-state index >= 15 is 0 Å². The summed E-state index contributed by atoms with van der Waals surface area (Å²) >= 11 is 0. The fraction of sp³-hybridized carbons (Fsp3) is 0.444. The van der Waals surface area contributed by atoms with Crippen LogP contribution in [0.3, 0.4) is 0 Å². The highest BCUT2D eigenvalue weighted by Gasteiger charge is 2.31. The third-order valence-electron chi connectivity index (χ3n) is 2.39. The summed E-state index contributed by atoms with van der Waals surface area (Å²) in [6.45, 7) is 0.128. The van der Waals surface area contributed by atoms with Crippen molar-refractivity contribution in [2.75, 3.05) is 13.7 Å². The summed E-state index contributed by atoms with van der Waals surface area (Å²) in [5, 5.41) is 10.7.